The fourth-order valence-corrected chi connectivity index (χ4v) is 3.14. The molecule has 2 rings (SSSR count). The first kappa shape index (κ1) is 16.7. The molecule has 0 radical (unpaired) electrons. The van der Waals surface area contributed by atoms with Gasteiger partial charge < -0.3 is 4.74 Å². The van der Waals surface area contributed by atoms with Crippen molar-refractivity contribution in [3.05, 3.63) is 63.6 Å². The van der Waals surface area contributed by atoms with Crippen molar-refractivity contribution >= 4 is 39.1 Å². The van der Waals surface area contributed by atoms with Crippen molar-refractivity contribution in [3.63, 3.8) is 0 Å². The Kier molecular flexibility index (Phi) is 6.40. The predicted molar refractivity (Wildman–Crippen MR) is 94.1 cm³/mol. The van der Waals surface area contributed by atoms with Crippen LogP contribution in [0.4, 0.5) is 0 Å². The van der Waals surface area contributed by atoms with Crippen molar-refractivity contribution < 1.29 is 4.74 Å². The van der Waals surface area contributed by atoms with Crippen LogP contribution < -0.4 is 4.74 Å². The lowest BCUT2D eigenvalue weighted by molar-refractivity contribution is 0.406. The van der Waals surface area contributed by atoms with Crippen molar-refractivity contribution in [1.82, 2.24) is 0 Å². The van der Waals surface area contributed by atoms with Gasteiger partial charge in [-0.2, -0.15) is 0 Å². The molecule has 0 N–H and O–H groups in total. The summed E-state index contributed by atoms with van der Waals surface area (Å²) in [5.41, 5.74) is 2.42. The lowest BCUT2D eigenvalue weighted by Gasteiger charge is -2.16. The number of alkyl halides is 1. The minimum Gasteiger partial charge on any atom is -0.496 e. The Morgan fingerprint density at radius 3 is 2.48 bits per heavy atom. The zero-order valence-corrected chi connectivity index (χ0v) is 14.9. The molecule has 21 heavy (non-hydrogen) atoms. The second-order valence-electron chi connectivity index (χ2n) is 4.99. The van der Waals surface area contributed by atoms with Crippen molar-refractivity contribution in [2.75, 3.05) is 12.4 Å². The fourth-order valence-electron chi connectivity index (χ4n) is 2.36. The van der Waals surface area contributed by atoms with Gasteiger partial charge in [-0.15, -0.1) is 0 Å². The molecule has 1 nitrogen and oxygen atoms in total. The molecule has 0 amide bonds. The van der Waals surface area contributed by atoms with Gasteiger partial charge >= 0.3 is 0 Å². The van der Waals surface area contributed by atoms with E-state index < -0.39 is 0 Å². The molecule has 0 bridgehead atoms. The summed E-state index contributed by atoms with van der Waals surface area (Å²) in [4.78, 5) is 0. The molecule has 112 valence electrons. The minimum atomic E-state index is 0.471. The Labute approximate surface area is 144 Å². The third-order valence-electron chi connectivity index (χ3n) is 3.43. The second kappa shape index (κ2) is 8.07. The molecule has 0 saturated carbocycles. The highest BCUT2D eigenvalue weighted by Gasteiger charge is 2.13. The van der Waals surface area contributed by atoms with Crippen molar-refractivity contribution in [2.24, 2.45) is 5.92 Å². The van der Waals surface area contributed by atoms with E-state index in [-0.39, 0.29) is 0 Å². The molecule has 2 aromatic rings. The summed E-state index contributed by atoms with van der Waals surface area (Å²) in [6.07, 6.45) is 1.90. The summed E-state index contributed by atoms with van der Waals surface area (Å²) in [5.74, 6) is 1.41. The van der Waals surface area contributed by atoms with Gasteiger partial charge in [-0.25, -0.2) is 0 Å². The molecule has 0 heterocycles. The molecule has 1 atom stereocenters. The van der Waals surface area contributed by atoms with Crippen molar-refractivity contribution in [1.29, 1.82) is 0 Å². The highest BCUT2D eigenvalue weighted by molar-refractivity contribution is 9.09. The summed E-state index contributed by atoms with van der Waals surface area (Å²) in [5, 5.41) is 2.13. The Balaban J connectivity index is 2.11. The van der Waals surface area contributed by atoms with Gasteiger partial charge in [-0.3, -0.25) is 0 Å². The smallest absolute Gasteiger partial charge is 0.122 e. The number of halogens is 3. The van der Waals surface area contributed by atoms with Gasteiger partial charge in [0.1, 0.15) is 5.75 Å². The van der Waals surface area contributed by atoms with Gasteiger partial charge in [-0.1, -0.05) is 63.4 Å². The van der Waals surface area contributed by atoms with Crippen LogP contribution in [-0.2, 0) is 12.8 Å². The summed E-state index contributed by atoms with van der Waals surface area (Å²) >= 11 is 15.7. The quantitative estimate of drug-likeness (QED) is 0.569. The molecule has 0 aromatic heterocycles. The van der Waals surface area contributed by atoms with E-state index in [4.69, 9.17) is 27.9 Å². The molecular weight excluding hydrogens is 371 g/mol. The lowest BCUT2D eigenvalue weighted by Crippen LogP contribution is -2.10. The van der Waals surface area contributed by atoms with Crippen LogP contribution in [0, 0.1) is 5.92 Å². The molecule has 4 heteroatoms. The Morgan fingerprint density at radius 1 is 1.05 bits per heavy atom. The number of hydrogen-bond donors (Lipinski definition) is 0. The first-order valence-corrected chi connectivity index (χ1v) is 8.63. The van der Waals surface area contributed by atoms with E-state index in [9.17, 15) is 0 Å². The molecule has 0 saturated heterocycles. The topological polar surface area (TPSA) is 9.23 Å². The summed E-state index contributed by atoms with van der Waals surface area (Å²) in [6.45, 7) is 0. The first-order chi connectivity index (χ1) is 10.1. The minimum absolute atomic E-state index is 0.471. The van der Waals surface area contributed by atoms with E-state index in [1.807, 2.05) is 36.4 Å². The Bertz CT molecular complexity index is 601. The fraction of sp³-hybridized carbons (Fsp3) is 0.294. The van der Waals surface area contributed by atoms with E-state index in [0.29, 0.717) is 16.0 Å². The summed E-state index contributed by atoms with van der Waals surface area (Å²) in [6, 6.07) is 14.0. The van der Waals surface area contributed by atoms with Crippen LogP contribution in [0.15, 0.2) is 42.5 Å². The number of methoxy groups -OCH3 is 1. The number of benzene rings is 2. The molecular formula is C17H17BrCl2O. The van der Waals surface area contributed by atoms with Crippen LogP contribution in [0.2, 0.25) is 10.0 Å². The molecule has 0 aliphatic carbocycles. The maximum absolute atomic E-state index is 6.08. The van der Waals surface area contributed by atoms with Crippen LogP contribution >= 0.6 is 39.1 Å². The van der Waals surface area contributed by atoms with Gasteiger partial charge in [0.05, 0.1) is 17.2 Å². The largest absolute Gasteiger partial charge is 0.496 e. The van der Waals surface area contributed by atoms with Gasteiger partial charge in [-0.05, 0) is 48.1 Å². The standard InChI is InChI=1S/C17H17BrCl2O/c1-21-17-5-3-2-4-14(17)9-13(11-18)8-12-6-7-15(19)16(20)10-12/h2-7,10,13H,8-9,11H2,1H3. The van der Waals surface area contributed by atoms with E-state index in [2.05, 4.69) is 22.0 Å². The third kappa shape index (κ3) is 4.64. The van der Waals surface area contributed by atoms with Crippen molar-refractivity contribution in [2.45, 2.75) is 12.8 Å². The summed E-state index contributed by atoms with van der Waals surface area (Å²) in [7, 11) is 1.71. The van der Waals surface area contributed by atoms with Crippen molar-refractivity contribution in [3.8, 4) is 5.75 Å². The second-order valence-corrected chi connectivity index (χ2v) is 6.45. The average molecular weight is 388 g/mol. The normalized spacial score (nSPS) is 12.2. The maximum atomic E-state index is 6.08. The van der Waals surface area contributed by atoms with Gasteiger partial charge in [0.2, 0.25) is 0 Å². The zero-order valence-electron chi connectivity index (χ0n) is 11.8. The van der Waals surface area contributed by atoms with E-state index >= 15 is 0 Å². The highest BCUT2D eigenvalue weighted by atomic mass is 79.9. The van der Waals surface area contributed by atoms with E-state index in [0.717, 1.165) is 23.9 Å². The molecule has 0 aliphatic rings. The number of rotatable bonds is 6. The third-order valence-corrected chi connectivity index (χ3v) is 5.08. The SMILES string of the molecule is COc1ccccc1CC(CBr)Cc1ccc(Cl)c(Cl)c1. The number of ether oxygens (including phenoxy) is 1. The number of para-hydroxylation sites is 1. The first-order valence-electron chi connectivity index (χ1n) is 6.75. The van der Waals surface area contributed by atoms with Crippen LogP contribution in [-0.4, -0.2) is 12.4 Å². The zero-order chi connectivity index (χ0) is 15.2. The average Bonchev–Trinajstić information content (AvgIpc) is 2.50. The summed E-state index contributed by atoms with van der Waals surface area (Å²) < 4.78 is 5.42. The Morgan fingerprint density at radius 2 is 1.81 bits per heavy atom. The Hall–Kier alpha value is -0.700. The van der Waals surface area contributed by atoms with Crippen LogP contribution in [0.25, 0.3) is 0 Å². The molecule has 0 fully saturated rings. The molecule has 0 aliphatic heterocycles. The van der Waals surface area contributed by atoms with Gasteiger partial charge in [0.15, 0.2) is 0 Å². The highest BCUT2D eigenvalue weighted by Crippen LogP contribution is 2.27. The van der Waals surface area contributed by atoms with Crippen LogP contribution in [0.1, 0.15) is 11.1 Å². The maximum Gasteiger partial charge on any atom is 0.122 e. The van der Waals surface area contributed by atoms with Crippen LogP contribution in [0.5, 0.6) is 5.75 Å². The number of hydrogen-bond acceptors (Lipinski definition) is 1. The van der Waals surface area contributed by atoms with Gasteiger partial charge in [0, 0.05) is 5.33 Å². The van der Waals surface area contributed by atoms with E-state index in [1.165, 1.54) is 11.1 Å². The van der Waals surface area contributed by atoms with E-state index in [1.54, 1.807) is 7.11 Å². The van der Waals surface area contributed by atoms with Gasteiger partial charge in [0.25, 0.3) is 0 Å². The molecule has 1 unspecified atom stereocenters. The monoisotopic (exact) mass is 386 g/mol. The van der Waals surface area contributed by atoms with Crippen LogP contribution in [0.3, 0.4) is 0 Å². The molecule has 2 aromatic carbocycles. The predicted octanol–water partition coefficient (Wildman–Crippen LogP) is 5.80. The lowest BCUT2D eigenvalue weighted by atomic mass is 9.94. The molecule has 0 spiro atoms.